The monoisotopic (exact) mass is 258 g/mol. The van der Waals surface area contributed by atoms with Gasteiger partial charge < -0.3 is 9.67 Å². The lowest BCUT2D eigenvalue weighted by molar-refractivity contribution is -0.147. The van der Waals surface area contributed by atoms with E-state index in [-0.39, 0.29) is 13.2 Å². The summed E-state index contributed by atoms with van der Waals surface area (Å²) in [5.74, 6) is -0.962. The Labute approximate surface area is 102 Å². The fraction of sp³-hybridized carbons (Fsp3) is 0.417. The van der Waals surface area contributed by atoms with E-state index in [0.717, 1.165) is 15.7 Å². The highest BCUT2D eigenvalue weighted by atomic mass is 19.4. The number of fused-ring (bicyclic) bond motifs is 1. The van der Waals surface area contributed by atoms with Gasteiger partial charge in [-0.2, -0.15) is 13.2 Å². The van der Waals surface area contributed by atoms with E-state index >= 15 is 0 Å². The first kappa shape index (κ1) is 12.9. The van der Waals surface area contributed by atoms with Crippen LogP contribution in [0.25, 0.3) is 11.0 Å². The van der Waals surface area contributed by atoms with Crippen LogP contribution in [0.3, 0.4) is 0 Å². The van der Waals surface area contributed by atoms with Gasteiger partial charge in [0.2, 0.25) is 5.82 Å². The molecule has 0 aliphatic heterocycles. The first-order chi connectivity index (χ1) is 8.34. The van der Waals surface area contributed by atoms with Crippen molar-refractivity contribution < 1.29 is 18.3 Å². The molecule has 0 spiro atoms. The number of alkyl halides is 3. The molecule has 0 saturated heterocycles. The van der Waals surface area contributed by atoms with E-state index in [2.05, 4.69) is 4.98 Å². The van der Waals surface area contributed by atoms with Crippen LogP contribution >= 0.6 is 0 Å². The minimum absolute atomic E-state index is 0.117. The van der Waals surface area contributed by atoms with E-state index in [4.69, 9.17) is 5.11 Å². The Morgan fingerprint density at radius 2 is 1.83 bits per heavy atom. The molecule has 6 heteroatoms. The van der Waals surface area contributed by atoms with Gasteiger partial charge >= 0.3 is 6.18 Å². The number of hydrogen-bond acceptors (Lipinski definition) is 2. The largest absolute Gasteiger partial charge is 0.449 e. The lowest BCUT2D eigenvalue weighted by Gasteiger charge is -2.10. The molecular weight excluding hydrogens is 245 g/mol. The minimum atomic E-state index is -4.52. The van der Waals surface area contributed by atoms with Gasteiger partial charge in [-0.25, -0.2) is 4.98 Å². The first-order valence-corrected chi connectivity index (χ1v) is 5.50. The second-order valence-corrected chi connectivity index (χ2v) is 4.23. The van der Waals surface area contributed by atoms with Gasteiger partial charge in [0.15, 0.2) is 0 Å². The Hall–Kier alpha value is -1.56. The Bertz CT molecular complexity index is 587. The Balaban J connectivity index is 2.75. The van der Waals surface area contributed by atoms with Crippen molar-refractivity contribution in [1.29, 1.82) is 0 Å². The number of aliphatic hydroxyl groups excluding tert-OH is 1. The molecule has 1 heterocycles. The van der Waals surface area contributed by atoms with Crippen molar-refractivity contribution in [2.24, 2.45) is 0 Å². The van der Waals surface area contributed by atoms with Crippen LogP contribution in [0.15, 0.2) is 12.1 Å². The summed E-state index contributed by atoms with van der Waals surface area (Å²) in [4.78, 5) is 3.63. The Morgan fingerprint density at radius 3 is 2.39 bits per heavy atom. The number of hydrogen-bond donors (Lipinski definition) is 1. The minimum Gasteiger partial charge on any atom is -0.395 e. The molecule has 2 rings (SSSR count). The standard InChI is InChI=1S/C12H13F3N2O/c1-7-5-9-10(6-8(7)2)17(3-4-18)11(16-9)12(13,14)15/h5-6,18H,3-4H2,1-2H3. The number of benzene rings is 1. The predicted molar refractivity (Wildman–Crippen MR) is 61.3 cm³/mol. The van der Waals surface area contributed by atoms with E-state index in [1.807, 2.05) is 13.8 Å². The molecular formula is C12H13F3N2O. The van der Waals surface area contributed by atoms with E-state index in [1.165, 1.54) is 0 Å². The molecule has 0 unspecified atom stereocenters. The van der Waals surface area contributed by atoms with Gasteiger partial charge in [-0.05, 0) is 37.1 Å². The number of aryl methyl sites for hydroxylation is 2. The maximum atomic E-state index is 12.8. The summed E-state index contributed by atoms with van der Waals surface area (Å²) in [6.45, 7) is 3.18. The van der Waals surface area contributed by atoms with Crippen LogP contribution in [0, 0.1) is 13.8 Å². The van der Waals surface area contributed by atoms with Crippen LogP contribution in [0.5, 0.6) is 0 Å². The highest BCUT2D eigenvalue weighted by Crippen LogP contribution is 2.32. The van der Waals surface area contributed by atoms with Gasteiger partial charge in [0.05, 0.1) is 17.6 Å². The maximum absolute atomic E-state index is 12.8. The van der Waals surface area contributed by atoms with Crippen LogP contribution in [0.2, 0.25) is 0 Å². The zero-order valence-corrected chi connectivity index (χ0v) is 10.0. The Morgan fingerprint density at radius 1 is 1.22 bits per heavy atom. The highest BCUT2D eigenvalue weighted by Gasteiger charge is 2.37. The maximum Gasteiger partial charge on any atom is 0.449 e. The number of aliphatic hydroxyl groups is 1. The van der Waals surface area contributed by atoms with Crippen molar-refractivity contribution in [2.45, 2.75) is 26.6 Å². The summed E-state index contributed by atoms with van der Waals surface area (Å²) in [6.07, 6.45) is -4.52. The fourth-order valence-corrected chi connectivity index (χ4v) is 1.92. The average Bonchev–Trinajstić information content (AvgIpc) is 2.58. The predicted octanol–water partition coefficient (Wildman–Crippen LogP) is 2.66. The van der Waals surface area contributed by atoms with Gasteiger partial charge in [-0.3, -0.25) is 0 Å². The van der Waals surface area contributed by atoms with Gasteiger partial charge in [0.1, 0.15) is 0 Å². The molecule has 0 atom stereocenters. The van der Waals surface area contributed by atoms with E-state index in [1.54, 1.807) is 12.1 Å². The molecule has 2 aromatic rings. The van der Waals surface area contributed by atoms with Crippen LogP contribution in [0.1, 0.15) is 17.0 Å². The van der Waals surface area contributed by atoms with Crippen molar-refractivity contribution in [3.05, 3.63) is 29.1 Å². The molecule has 18 heavy (non-hydrogen) atoms. The average molecular weight is 258 g/mol. The van der Waals surface area contributed by atoms with E-state index in [0.29, 0.717) is 11.0 Å². The van der Waals surface area contributed by atoms with Crippen LogP contribution in [0.4, 0.5) is 13.2 Å². The molecule has 98 valence electrons. The lowest BCUT2D eigenvalue weighted by atomic mass is 10.1. The van der Waals surface area contributed by atoms with Gasteiger partial charge in [0, 0.05) is 6.54 Å². The van der Waals surface area contributed by atoms with E-state index < -0.39 is 12.0 Å². The molecule has 0 bridgehead atoms. The molecule has 0 saturated carbocycles. The summed E-state index contributed by atoms with van der Waals surface area (Å²) < 4.78 is 39.6. The fourth-order valence-electron chi connectivity index (χ4n) is 1.92. The second-order valence-electron chi connectivity index (χ2n) is 4.23. The third-order valence-corrected chi connectivity index (χ3v) is 2.94. The van der Waals surface area contributed by atoms with Gasteiger partial charge in [-0.1, -0.05) is 0 Å². The van der Waals surface area contributed by atoms with Crippen molar-refractivity contribution in [3.8, 4) is 0 Å². The number of halogens is 3. The highest BCUT2D eigenvalue weighted by molar-refractivity contribution is 5.78. The number of imidazole rings is 1. The van der Waals surface area contributed by atoms with Crippen molar-refractivity contribution >= 4 is 11.0 Å². The molecule has 0 aliphatic rings. The van der Waals surface area contributed by atoms with Crippen LogP contribution in [-0.2, 0) is 12.7 Å². The van der Waals surface area contributed by atoms with Crippen LogP contribution in [-0.4, -0.2) is 21.3 Å². The van der Waals surface area contributed by atoms with Gasteiger partial charge in [0.25, 0.3) is 0 Å². The summed E-state index contributed by atoms with van der Waals surface area (Å²) in [5, 5.41) is 8.90. The number of rotatable bonds is 2. The molecule has 3 nitrogen and oxygen atoms in total. The molecule has 0 amide bonds. The summed E-state index contributed by atoms with van der Waals surface area (Å²) in [6, 6.07) is 3.30. The topological polar surface area (TPSA) is 38.0 Å². The zero-order chi connectivity index (χ0) is 13.5. The van der Waals surface area contributed by atoms with Gasteiger partial charge in [-0.15, -0.1) is 0 Å². The first-order valence-electron chi connectivity index (χ1n) is 5.50. The molecule has 1 aromatic heterocycles. The van der Waals surface area contributed by atoms with E-state index in [9.17, 15) is 13.2 Å². The SMILES string of the molecule is Cc1cc2nc(C(F)(F)F)n(CCO)c2cc1C. The summed E-state index contributed by atoms with van der Waals surface area (Å²) >= 11 is 0. The molecule has 0 radical (unpaired) electrons. The normalized spacial score (nSPS) is 12.3. The number of nitrogens with zero attached hydrogens (tertiary/aromatic N) is 2. The smallest absolute Gasteiger partial charge is 0.395 e. The molecule has 0 fully saturated rings. The lowest BCUT2D eigenvalue weighted by Crippen LogP contribution is -2.16. The van der Waals surface area contributed by atoms with Crippen molar-refractivity contribution in [2.75, 3.05) is 6.61 Å². The summed E-state index contributed by atoms with van der Waals surface area (Å²) in [7, 11) is 0. The van der Waals surface area contributed by atoms with Crippen molar-refractivity contribution in [1.82, 2.24) is 9.55 Å². The summed E-state index contributed by atoms with van der Waals surface area (Å²) in [5.41, 5.74) is 2.50. The third-order valence-electron chi connectivity index (χ3n) is 2.94. The molecule has 1 N–H and O–H groups in total. The molecule has 0 aliphatic carbocycles. The quantitative estimate of drug-likeness (QED) is 0.899. The molecule has 1 aromatic carbocycles. The van der Waals surface area contributed by atoms with Crippen molar-refractivity contribution in [3.63, 3.8) is 0 Å². The number of aromatic nitrogens is 2. The second kappa shape index (κ2) is 4.28. The zero-order valence-electron chi connectivity index (χ0n) is 10.0. The van der Waals surface area contributed by atoms with Crippen LogP contribution < -0.4 is 0 Å². The third kappa shape index (κ3) is 2.08. The Kier molecular flexibility index (Phi) is 3.06.